The molecule has 2 nitrogen and oxygen atoms in total. The molecule has 1 aromatic rings. The van der Waals surface area contributed by atoms with Gasteiger partial charge < -0.3 is 5.43 Å². The van der Waals surface area contributed by atoms with Crippen LogP contribution in [0.4, 0.5) is 5.69 Å². The number of para-hydroxylation sites is 1. The molecule has 0 amide bonds. The van der Waals surface area contributed by atoms with Crippen molar-refractivity contribution in [1.82, 2.24) is 5.01 Å². The first kappa shape index (κ1) is 10.1. The van der Waals surface area contributed by atoms with Crippen LogP contribution in [0.15, 0.2) is 24.3 Å². The molecule has 0 atom stereocenters. The summed E-state index contributed by atoms with van der Waals surface area (Å²) in [6.45, 7) is 8.45. The Morgan fingerprint density at radius 3 is 2.31 bits per heavy atom. The maximum atomic E-state index is 3.38. The molecule has 0 aliphatic heterocycles. The van der Waals surface area contributed by atoms with Crippen LogP contribution in [0.5, 0.6) is 0 Å². The summed E-state index contributed by atoms with van der Waals surface area (Å²) in [7, 11) is 0. The maximum Gasteiger partial charge on any atom is 0.0519 e. The van der Waals surface area contributed by atoms with Crippen molar-refractivity contribution < 1.29 is 0 Å². The number of benzene rings is 1. The lowest BCUT2D eigenvalue weighted by molar-refractivity contribution is 0.367. The van der Waals surface area contributed by atoms with Gasteiger partial charge in [-0.2, -0.15) is 0 Å². The first-order chi connectivity index (χ1) is 6.27. The zero-order chi connectivity index (χ0) is 9.68. The van der Waals surface area contributed by atoms with Crippen molar-refractivity contribution in [3.8, 4) is 0 Å². The topological polar surface area (TPSA) is 15.3 Å². The first-order valence-electron chi connectivity index (χ1n) is 4.85. The van der Waals surface area contributed by atoms with Crippen molar-refractivity contribution in [2.75, 3.05) is 18.5 Å². The van der Waals surface area contributed by atoms with Crippen molar-refractivity contribution in [1.29, 1.82) is 0 Å². The number of rotatable bonds is 4. The quantitative estimate of drug-likeness (QED) is 0.713. The van der Waals surface area contributed by atoms with Crippen LogP contribution >= 0.6 is 0 Å². The van der Waals surface area contributed by atoms with E-state index in [1.807, 2.05) is 0 Å². The molecule has 1 N–H and O–H groups in total. The number of hydrogen-bond donors (Lipinski definition) is 1. The van der Waals surface area contributed by atoms with Gasteiger partial charge in [-0.15, -0.1) is 0 Å². The van der Waals surface area contributed by atoms with Gasteiger partial charge in [0, 0.05) is 13.1 Å². The molecule has 0 fully saturated rings. The van der Waals surface area contributed by atoms with E-state index in [9.17, 15) is 0 Å². The van der Waals surface area contributed by atoms with Gasteiger partial charge in [0.25, 0.3) is 0 Å². The third kappa shape index (κ3) is 2.74. The highest BCUT2D eigenvalue weighted by molar-refractivity contribution is 5.49. The average Bonchev–Trinajstić information content (AvgIpc) is 2.17. The summed E-state index contributed by atoms with van der Waals surface area (Å²) in [5.74, 6) is 0. The van der Waals surface area contributed by atoms with E-state index in [1.54, 1.807) is 0 Å². The van der Waals surface area contributed by atoms with E-state index in [0.717, 1.165) is 13.1 Å². The average molecular weight is 178 g/mol. The monoisotopic (exact) mass is 178 g/mol. The molecule has 13 heavy (non-hydrogen) atoms. The second kappa shape index (κ2) is 4.87. The standard InChI is InChI=1S/C11H18N2/c1-4-13(5-2)12-11-9-7-6-8-10(11)3/h6-9,12H,4-5H2,1-3H3. The van der Waals surface area contributed by atoms with Gasteiger partial charge >= 0.3 is 0 Å². The Labute approximate surface area is 80.5 Å². The van der Waals surface area contributed by atoms with E-state index in [-0.39, 0.29) is 0 Å². The van der Waals surface area contributed by atoms with E-state index in [4.69, 9.17) is 0 Å². The van der Waals surface area contributed by atoms with Gasteiger partial charge in [0.1, 0.15) is 0 Å². The van der Waals surface area contributed by atoms with Crippen molar-refractivity contribution in [2.45, 2.75) is 20.8 Å². The molecule has 0 aliphatic carbocycles. The van der Waals surface area contributed by atoms with Gasteiger partial charge in [-0.05, 0) is 18.6 Å². The van der Waals surface area contributed by atoms with Crippen molar-refractivity contribution in [3.05, 3.63) is 29.8 Å². The Morgan fingerprint density at radius 2 is 1.77 bits per heavy atom. The number of nitrogens with zero attached hydrogens (tertiary/aromatic N) is 1. The maximum absolute atomic E-state index is 3.38. The molecule has 1 aromatic carbocycles. The molecule has 1 rings (SSSR count). The lowest BCUT2D eigenvalue weighted by Crippen LogP contribution is -2.29. The molecule has 0 spiro atoms. The highest BCUT2D eigenvalue weighted by Gasteiger charge is 2.00. The summed E-state index contributed by atoms with van der Waals surface area (Å²) in [6, 6.07) is 8.33. The molecule has 0 saturated carbocycles. The fourth-order valence-electron chi connectivity index (χ4n) is 1.25. The van der Waals surface area contributed by atoms with Crippen LogP contribution in [0.25, 0.3) is 0 Å². The van der Waals surface area contributed by atoms with Crippen molar-refractivity contribution in [2.24, 2.45) is 0 Å². The molecule has 0 unspecified atom stereocenters. The SMILES string of the molecule is CCN(CC)Nc1ccccc1C. The Hall–Kier alpha value is -1.02. The predicted molar refractivity (Wildman–Crippen MR) is 57.7 cm³/mol. The molecule has 2 heteroatoms. The summed E-state index contributed by atoms with van der Waals surface area (Å²) in [4.78, 5) is 0. The van der Waals surface area contributed by atoms with Crippen LogP contribution in [0.1, 0.15) is 19.4 Å². The minimum atomic E-state index is 1.02. The van der Waals surface area contributed by atoms with E-state index >= 15 is 0 Å². The lowest BCUT2D eigenvalue weighted by Gasteiger charge is -2.21. The summed E-state index contributed by atoms with van der Waals surface area (Å²) in [6.07, 6.45) is 0. The fraction of sp³-hybridized carbons (Fsp3) is 0.455. The molecule has 0 aromatic heterocycles. The number of aryl methyl sites for hydroxylation is 1. The smallest absolute Gasteiger partial charge is 0.0519 e. The lowest BCUT2D eigenvalue weighted by atomic mass is 10.2. The third-order valence-electron chi connectivity index (χ3n) is 2.19. The number of nitrogens with one attached hydrogen (secondary N) is 1. The Bertz CT molecular complexity index is 254. The van der Waals surface area contributed by atoms with Crippen LogP contribution in [-0.4, -0.2) is 18.1 Å². The largest absolute Gasteiger partial charge is 0.319 e. The van der Waals surface area contributed by atoms with Crippen LogP contribution in [0, 0.1) is 6.92 Å². The van der Waals surface area contributed by atoms with E-state index in [2.05, 4.69) is 55.5 Å². The van der Waals surface area contributed by atoms with Gasteiger partial charge in [-0.3, -0.25) is 0 Å². The van der Waals surface area contributed by atoms with Gasteiger partial charge in [-0.1, -0.05) is 32.0 Å². The van der Waals surface area contributed by atoms with Crippen LogP contribution in [-0.2, 0) is 0 Å². The molecule has 0 radical (unpaired) electrons. The highest BCUT2D eigenvalue weighted by atomic mass is 15.5. The third-order valence-corrected chi connectivity index (χ3v) is 2.19. The molecule has 72 valence electrons. The van der Waals surface area contributed by atoms with E-state index in [0.29, 0.717) is 0 Å². The minimum absolute atomic E-state index is 1.02. The number of hydrazine groups is 1. The Balaban J connectivity index is 2.67. The van der Waals surface area contributed by atoms with Crippen LogP contribution in [0.3, 0.4) is 0 Å². The van der Waals surface area contributed by atoms with Crippen LogP contribution in [0.2, 0.25) is 0 Å². The van der Waals surface area contributed by atoms with Gasteiger partial charge in [0.2, 0.25) is 0 Å². The first-order valence-corrected chi connectivity index (χ1v) is 4.85. The minimum Gasteiger partial charge on any atom is -0.319 e. The Kier molecular flexibility index (Phi) is 3.77. The van der Waals surface area contributed by atoms with Gasteiger partial charge in [0.05, 0.1) is 5.69 Å². The zero-order valence-corrected chi connectivity index (χ0v) is 8.67. The summed E-state index contributed by atoms with van der Waals surface area (Å²) >= 11 is 0. The predicted octanol–water partition coefficient (Wildman–Crippen LogP) is 2.66. The normalized spacial score (nSPS) is 10.5. The Morgan fingerprint density at radius 1 is 1.15 bits per heavy atom. The molecule has 0 bridgehead atoms. The molecule has 0 heterocycles. The highest BCUT2D eigenvalue weighted by Crippen LogP contribution is 2.13. The second-order valence-corrected chi connectivity index (χ2v) is 3.10. The molecule has 0 aliphatic rings. The fourth-order valence-corrected chi connectivity index (χ4v) is 1.25. The number of hydrogen-bond acceptors (Lipinski definition) is 2. The summed E-state index contributed by atoms with van der Waals surface area (Å²) in [5.41, 5.74) is 5.87. The molecular formula is C11H18N2. The van der Waals surface area contributed by atoms with Gasteiger partial charge in [0.15, 0.2) is 0 Å². The summed E-state index contributed by atoms with van der Waals surface area (Å²) < 4.78 is 0. The van der Waals surface area contributed by atoms with Gasteiger partial charge in [-0.25, -0.2) is 5.01 Å². The summed E-state index contributed by atoms with van der Waals surface area (Å²) in [5, 5.41) is 2.18. The van der Waals surface area contributed by atoms with Crippen LogP contribution < -0.4 is 5.43 Å². The van der Waals surface area contributed by atoms with E-state index < -0.39 is 0 Å². The second-order valence-electron chi connectivity index (χ2n) is 3.10. The molecular weight excluding hydrogens is 160 g/mol. The van der Waals surface area contributed by atoms with Crippen molar-refractivity contribution >= 4 is 5.69 Å². The van der Waals surface area contributed by atoms with E-state index in [1.165, 1.54) is 11.3 Å². The molecule has 0 saturated heterocycles. The number of anilines is 1. The van der Waals surface area contributed by atoms with Crippen molar-refractivity contribution in [3.63, 3.8) is 0 Å². The zero-order valence-electron chi connectivity index (χ0n) is 8.67.